The predicted molar refractivity (Wildman–Crippen MR) is 121 cm³/mol. The zero-order chi connectivity index (χ0) is 22.9. The lowest BCUT2D eigenvalue weighted by Crippen LogP contribution is -2.35. The van der Waals surface area contributed by atoms with Crippen molar-refractivity contribution in [2.24, 2.45) is 17.3 Å². The molecule has 3 aromatic heterocycles. The number of hydrogen-bond donors (Lipinski definition) is 1. The fraction of sp³-hybridized carbons (Fsp3) is 0.417. The molecular formula is C24H23FN4O3S. The number of ether oxygens (including phenoxy) is 1. The molecule has 1 aliphatic carbocycles. The summed E-state index contributed by atoms with van der Waals surface area (Å²) < 4.78 is 21.1. The fourth-order valence-electron chi connectivity index (χ4n) is 5.19. The van der Waals surface area contributed by atoms with Crippen LogP contribution in [0, 0.1) is 23.1 Å². The lowest BCUT2D eigenvalue weighted by atomic mass is 10.1. The van der Waals surface area contributed by atoms with Crippen molar-refractivity contribution in [1.82, 2.24) is 20.2 Å². The Bertz CT molecular complexity index is 1280. The van der Waals surface area contributed by atoms with E-state index in [4.69, 9.17) is 4.74 Å². The number of thiophene rings is 1. The summed E-state index contributed by atoms with van der Waals surface area (Å²) in [7, 11) is 0. The van der Waals surface area contributed by atoms with Crippen molar-refractivity contribution in [2.75, 3.05) is 13.1 Å². The lowest BCUT2D eigenvalue weighted by Gasteiger charge is -2.19. The van der Waals surface area contributed by atoms with Crippen LogP contribution < -0.4 is 10.1 Å². The maximum absolute atomic E-state index is 14.2. The number of aromatic nitrogens is 2. The second-order valence-electron chi connectivity index (χ2n) is 9.56. The summed E-state index contributed by atoms with van der Waals surface area (Å²) >= 11 is 1.46. The molecule has 0 radical (unpaired) electrons. The molecule has 33 heavy (non-hydrogen) atoms. The topological polar surface area (TPSA) is 84.4 Å². The van der Waals surface area contributed by atoms with Gasteiger partial charge in [0.2, 0.25) is 17.7 Å². The highest BCUT2D eigenvalue weighted by Gasteiger charge is 2.72. The molecular weight excluding hydrogens is 443 g/mol. The minimum atomic E-state index is -0.446. The van der Waals surface area contributed by atoms with Gasteiger partial charge in [0.1, 0.15) is 11.9 Å². The summed E-state index contributed by atoms with van der Waals surface area (Å²) in [5, 5.41) is 3.25. The number of imide groups is 1. The van der Waals surface area contributed by atoms with E-state index in [2.05, 4.69) is 15.3 Å². The van der Waals surface area contributed by atoms with Crippen molar-refractivity contribution in [3.8, 4) is 17.0 Å². The van der Waals surface area contributed by atoms with Gasteiger partial charge in [0.05, 0.1) is 34.8 Å². The van der Waals surface area contributed by atoms with Crippen LogP contribution in [0.2, 0.25) is 0 Å². The van der Waals surface area contributed by atoms with Gasteiger partial charge in [0.25, 0.3) is 0 Å². The number of carbonyl (C=O) groups excluding carboxylic acids is 2. The van der Waals surface area contributed by atoms with Gasteiger partial charge in [-0.15, -0.1) is 11.3 Å². The van der Waals surface area contributed by atoms with E-state index in [0.29, 0.717) is 11.4 Å². The largest absolute Gasteiger partial charge is 0.473 e. The van der Waals surface area contributed by atoms with Crippen molar-refractivity contribution in [3.63, 3.8) is 0 Å². The van der Waals surface area contributed by atoms with Crippen molar-refractivity contribution in [1.29, 1.82) is 0 Å². The number of nitrogens with one attached hydrogen (secondary N) is 1. The Morgan fingerprint density at radius 3 is 2.73 bits per heavy atom. The highest BCUT2D eigenvalue weighted by atomic mass is 32.1. The maximum atomic E-state index is 14.2. The van der Waals surface area contributed by atoms with Crippen molar-refractivity contribution in [2.45, 2.75) is 32.9 Å². The van der Waals surface area contributed by atoms with Crippen LogP contribution in [0.25, 0.3) is 21.3 Å². The molecule has 0 aromatic carbocycles. The summed E-state index contributed by atoms with van der Waals surface area (Å²) in [5.41, 5.74) is 1.84. The third-order valence-electron chi connectivity index (χ3n) is 7.07. The van der Waals surface area contributed by atoms with Gasteiger partial charge in [-0.3, -0.25) is 19.5 Å². The molecule has 6 rings (SSSR count). The van der Waals surface area contributed by atoms with Gasteiger partial charge in [-0.25, -0.2) is 9.37 Å². The molecule has 0 spiro atoms. The number of hydrogen-bond acceptors (Lipinski definition) is 7. The number of likely N-dealkylation sites (tertiary alicyclic amines) is 1. The first-order chi connectivity index (χ1) is 15.8. The number of piperidine rings is 1. The van der Waals surface area contributed by atoms with E-state index in [9.17, 15) is 14.0 Å². The maximum Gasteiger partial charge on any atom is 0.234 e. The Morgan fingerprint density at radius 1 is 1.21 bits per heavy atom. The molecule has 2 amide bonds. The SMILES string of the molecule is CC1(C)C2C(=O)N(Cc3cc4nccc(-c5cc(F)cnc5O[C@@H]5CCNC5)c4s3)C(=O)C21. The van der Waals surface area contributed by atoms with Gasteiger partial charge in [0.15, 0.2) is 0 Å². The van der Waals surface area contributed by atoms with Crippen LogP contribution in [0.4, 0.5) is 4.39 Å². The van der Waals surface area contributed by atoms with Crippen LogP contribution in [-0.2, 0) is 16.1 Å². The van der Waals surface area contributed by atoms with E-state index in [1.54, 1.807) is 6.20 Å². The molecule has 1 saturated carbocycles. The zero-order valence-corrected chi connectivity index (χ0v) is 19.1. The number of halogens is 1. The Morgan fingerprint density at radius 2 is 2.00 bits per heavy atom. The molecule has 3 atom stereocenters. The Balaban J connectivity index is 1.34. The number of amides is 2. The van der Waals surface area contributed by atoms with Gasteiger partial charge in [-0.1, -0.05) is 13.8 Å². The molecule has 5 heterocycles. The quantitative estimate of drug-likeness (QED) is 0.581. The minimum Gasteiger partial charge on any atom is -0.473 e. The molecule has 2 saturated heterocycles. The van der Waals surface area contributed by atoms with E-state index in [1.165, 1.54) is 22.3 Å². The average molecular weight is 467 g/mol. The Hall–Kier alpha value is -2.91. The third-order valence-corrected chi connectivity index (χ3v) is 8.21. The van der Waals surface area contributed by atoms with Crippen LogP contribution in [0.1, 0.15) is 25.1 Å². The number of rotatable bonds is 5. The van der Waals surface area contributed by atoms with E-state index < -0.39 is 5.82 Å². The van der Waals surface area contributed by atoms with E-state index in [1.807, 2.05) is 26.0 Å². The van der Waals surface area contributed by atoms with E-state index >= 15 is 0 Å². The summed E-state index contributed by atoms with van der Waals surface area (Å²) in [6.45, 7) is 5.78. The smallest absolute Gasteiger partial charge is 0.234 e. The molecule has 3 aromatic rings. The zero-order valence-electron chi connectivity index (χ0n) is 18.3. The lowest BCUT2D eigenvalue weighted by molar-refractivity contribution is -0.143. The summed E-state index contributed by atoms with van der Waals surface area (Å²) in [6.07, 6.45) is 3.69. The Labute approximate surface area is 194 Å². The van der Waals surface area contributed by atoms with Crippen molar-refractivity contribution < 1.29 is 18.7 Å². The third kappa shape index (κ3) is 3.25. The van der Waals surface area contributed by atoms with Crippen LogP contribution in [0.3, 0.4) is 0 Å². The fourth-order valence-corrected chi connectivity index (χ4v) is 6.32. The highest BCUT2D eigenvalue weighted by molar-refractivity contribution is 7.19. The van der Waals surface area contributed by atoms with Gasteiger partial charge in [0, 0.05) is 28.7 Å². The van der Waals surface area contributed by atoms with Crippen molar-refractivity contribution in [3.05, 3.63) is 41.3 Å². The summed E-state index contributed by atoms with van der Waals surface area (Å²) in [5.74, 6) is -0.627. The molecule has 0 bridgehead atoms. The first-order valence-corrected chi connectivity index (χ1v) is 11.9. The van der Waals surface area contributed by atoms with Gasteiger partial charge >= 0.3 is 0 Å². The van der Waals surface area contributed by atoms with Gasteiger partial charge in [-0.2, -0.15) is 0 Å². The number of fused-ring (bicyclic) bond motifs is 2. The van der Waals surface area contributed by atoms with Crippen LogP contribution in [0.5, 0.6) is 5.88 Å². The molecule has 9 heteroatoms. The molecule has 1 N–H and O–H groups in total. The van der Waals surface area contributed by atoms with Gasteiger partial charge in [-0.05, 0) is 36.6 Å². The van der Waals surface area contributed by atoms with Gasteiger partial charge < -0.3 is 10.1 Å². The summed E-state index contributed by atoms with van der Waals surface area (Å²) in [6, 6.07) is 5.15. The van der Waals surface area contributed by atoms with E-state index in [-0.39, 0.29) is 41.7 Å². The standard InChI is InChI=1S/C24H23FN4O3S/c1-24(2)18-19(24)23(31)29(22(18)30)11-14-8-17-20(33-14)15(4-6-27-17)16-7-12(25)9-28-21(16)32-13-3-5-26-10-13/h4,6-9,13,18-19,26H,3,5,10-11H2,1-2H3/t13-,18?,19?/m1/s1. The number of nitrogens with zero attached hydrogens (tertiary/aromatic N) is 3. The second kappa shape index (κ2) is 7.30. The molecule has 3 aliphatic rings. The number of carbonyl (C=O) groups is 2. The first kappa shape index (κ1) is 20.7. The molecule has 3 fully saturated rings. The van der Waals surface area contributed by atoms with Crippen LogP contribution >= 0.6 is 11.3 Å². The van der Waals surface area contributed by atoms with Crippen LogP contribution in [0.15, 0.2) is 30.6 Å². The monoisotopic (exact) mass is 466 g/mol. The molecule has 170 valence electrons. The second-order valence-corrected chi connectivity index (χ2v) is 10.7. The molecule has 2 aliphatic heterocycles. The summed E-state index contributed by atoms with van der Waals surface area (Å²) in [4.78, 5) is 36.4. The predicted octanol–water partition coefficient (Wildman–Crippen LogP) is 3.38. The van der Waals surface area contributed by atoms with Crippen molar-refractivity contribution >= 4 is 33.4 Å². The molecule has 7 nitrogen and oxygen atoms in total. The Kier molecular flexibility index (Phi) is 4.57. The highest BCUT2D eigenvalue weighted by Crippen LogP contribution is 2.63. The average Bonchev–Trinajstić information content (AvgIpc) is 3.23. The van der Waals surface area contributed by atoms with Crippen LogP contribution in [-0.4, -0.2) is 45.9 Å². The van der Waals surface area contributed by atoms with E-state index in [0.717, 1.165) is 46.4 Å². The minimum absolute atomic E-state index is 0.0131. The number of pyridine rings is 2. The molecule has 2 unspecified atom stereocenters. The first-order valence-electron chi connectivity index (χ1n) is 11.1. The normalized spacial score (nSPS) is 25.7.